The Morgan fingerprint density at radius 3 is 2.56 bits per heavy atom. The van der Waals surface area contributed by atoms with Gasteiger partial charge in [-0.15, -0.1) is 0 Å². The minimum absolute atomic E-state index is 0.295. The molecule has 0 saturated carbocycles. The van der Waals surface area contributed by atoms with E-state index in [1.807, 2.05) is 35.8 Å². The molecule has 2 aromatic rings. The number of rotatable bonds is 3. The normalized spacial score (nSPS) is 10.4. The van der Waals surface area contributed by atoms with Crippen molar-refractivity contribution in [1.29, 1.82) is 0 Å². The van der Waals surface area contributed by atoms with Gasteiger partial charge in [0.1, 0.15) is 5.69 Å². The third kappa shape index (κ3) is 2.04. The predicted octanol–water partition coefficient (Wildman–Crippen LogP) is 3.27. The molecule has 0 amide bonds. The number of nitrogens with zero attached hydrogens (tertiary/aromatic N) is 1. The van der Waals surface area contributed by atoms with Crippen molar-refractivity contribution in [3.8, 4) is 11.3 Å². The van der Waals surface area contributed by atoms with Crippen molar-refractivity contribution < 1.29 is 9.53 Å². The van der Waals surface area contributed by atoms with Gasteiger partial charge in [0.05, 0.1) is 7.11 Å². The van der Waals surface area contributed by atoms with Crippen LogP contribution in [0, 0.1) is 6.92 Å². The Bertz CT molecular complexity index is 570. The molecule has 0 aliphatic heterocycles. The third-order valence-corrected chi connectivity index (χ3v) is 3.11. The van der Waals surface area contributed by atoms with Gasteiger partial charge < -0.3 is 9.30 Å². The van der Waals surface area contributed by atoms with Gasteiger partial charge in [-0.1, -0.05) is 24.3 Å². The highest BCUT2D eigenvalue weighted by atomic mass is 16.5. The van der Waals surface area contributed by atoms with Crippen LogP contribution in [0.25, 0.3) is 11.3 Å². The van der Waals surface area contributed by atoms with Gasteiger partial charge in [-0.05, 0) is 31.5 Å². The van der Waals surface area contributed by atoms with Gasteiger partial charge in [-0.2, -0.15) is 0 Å². The Labute approximate surface area is 107 Å². The van der Waals surface area contributed by atoms with E-state index in [1.54, 1.807) is 0 Å². The van der Waals surface area contributed by atoms with Gasteiger partial charge in [0.15, 0.2) is 0 Å². The first kappa shape index (κ1) is 12.4. The van der Waals surface area contributed by atoms with Crippen molar-refractivity contribution in [3.05, 3.63) is 47.7 Å². The predicted molar refractivity (Wildman–Crippen MR) is 71.6 cm³/mol. The molecule has 0 N–H and O–H groups in total. The molecular formula is C15H17NO2. The number of carbonyl (C=O) groups excluding carboxylic acids is 1. The van der Waals surface area contributed by atoms with E-state index in [9.17, 15) is 4.79 Å². The summed E-state index contributed by atoms with van der Waals surface area (Å²) in [5.41, 5.74) is 3.99. The lowest BCUT2D eigenvalue weighted by molar-refractivity contribution is 0.0589. The second-order valence-corrected chi connectivity index (χ2v) is 4.15. The van der Waals surface area contributed by atoms with E-state index in [0.717, 1.165) is 17.8 Å². The van der Waals surface area contributed by atoms with E-state index in [2.05, 4.69) is 19.1 Å². The van der Waals surface area contributed by atoms with Crippen LogP contribution in [-0.2, 0) is 11.3 Å². The molecule has 0 aliphatic rings. The Hall–Kier alpha value is -2.03. The summed E-state index contributed by atoms with van der Waals surface area (Å²) in [4.78, 5) is 11.7. The third-order valence-electron chi connectivity index (χ3n) is 3.11. The van der Waals surface area contributed by atoms with Crippen molar-refractivity contribution >= 4 is 5.97 Å². The van der Waals surface area contributed by atoms with E-state index in [-0.39, 0.29) is 5.97 Å². The lowest BCUT2D eigenvalue weighted by Crippen LogP contribution is -2.10. The molecule has 0 fully saturated rings. The van der Waals surface area contributed by atoms with Crippen molar-refractivity contribution in [2.75, 3.05) is 7.11 Å². The number of aromatic nitrogens is 1. The zero-order valence-electron chi connectivity index (χ0n) is 10.9. The largest absolute Gasteiger partial charge is 0.464 e. The highest BCUT2D eigenvalue weighted by Crippen LogP contribution is 2.26. The standard InChI is InChI=1S/C15H17NO2/c1-4-16-13(9-10-14(16)15(17)18-3)12-8-6-5-7-11(12)2/h5-10H,4H2,1-3H3. The van der Waals surface area contributed by atoms with Gasteiger partial charge in [-0.3, -0.25) is 0 Å². The van der Waals surface area contributed by atoms with Crippen molar-refractivity contribution in [2.45, 2.75) is 20.4 Å². The molecule has 1 aromatic heterocycles. The quantitative estimate of drug-likeness (QED) is 0.775. The SMILES string of the molecule is CCn1c(C(=O)OC)ccc1-c1ccccc1C. The van der Waals surface area contributed by atoms with E-state index in [0.29, 0.717) is 5.69 Å². The van der Waals surface area contributed by atoms with Crippen molar-refractivity contribution in [2.24, 2.45) is 0 Å². The summed E-state index contributed by atoms with van der Waals surface area (Å²) in [7, 11) is 1.41. The number of carbonyl (C=O) groups is 1. The van der Waals surface area contributed by atoms with Crippen LogP contribution in [0.4, 0.5) is 0 Å². The molecule has 0 saturated heterocycles. The first-order valence-electron chi connectivity index (χ1n) is 6.03. The summed E-state index contributed by atoms with van der Waals surface area (Å²) in [5.74, 6) is -0.295. The molecular weight excluding hydrogens is 226 g/mol. The van der Waals surface area contributed by atoms with Gasteiger partial charge in [-0.25, -0.2) is 4.79 Å². The monoisotopic (exact) mass is 243 g/mol. The maximum atomic E-state index is 11.7. The van der Waals surface area contributed by atoms with Gasteiger partial charge >= 0.3 is 5.97 Å². The molecule has 1 heterocycles. The maximum Gasteiger partial charge on any atom is 0.354 e. The van der Waals surface area contributed by atoms with Crippen LogP contribution in [0.2, 0.25) is 0 Å². The molecule has 0 radical (unpaired) electrons. The average molecular weight is 243 g/mol. The van der Waals surface area contributed by atoms with Crippen LogP contribution in [0.5, 0.6) is 0 Å². The zero-order valence-corrected chi connectivity index (χ0v) is 10.9. The van der Waals surface area contributed by atoms with E-state index in [1.165, 1.54) is 12.7 Å². The molecule has 0 unspecified atom stereocenters. The maximum absolute atomic E-state index is 11.7. The van der Waals surface area contributed by atoms with Crippen LogP contribution in [0.3, 0.4) is 0 Å². The molecule has 94 valence electrons. The van der Waals surface area contributed by atoms with Crippen molar-refractivity contribution in [3.63, 3.8) is 0 Å². The fourth-order valence-electron chi connectivity index (χ4n) is 2.19. The smallest absolute Gasteiger partial charge is 0.354 e. The Morgan fingerprint density at radius 2 is 1.94 bits per heavy atom. The fraction of sp³-hybridized carbons (Fsp3) is 0.267. The molecule has 3 nitrogen and oxygen atoms in total. The van der Waals surface area contributed by atoms with E-state index < -0.39 is 0 Å². The molecule has 1 aromatic carbocycles. The van der Waals surface area contributed by atoms with Gasteiger partial charge in [0.25, 0.3) is 0 Å². The number of hydrogen-bond acceptors (Lipinski definition) is 2. The summed E-state index contributed by atoms with van der Waals surface area (Å²) in [6.45, 7) is 4.83. The highest BCUT2D eigenvalue weighted by Gasteiger charge is 2.15. The van der Waals surface area contributed by atoms with Crippen LogP contribution in [0.1, 0.15) is 23.0 Å². The average Bonchev–Trinajstić information content (AvgIpc) is 2.81. The van der Waals surface area contributed by atoms with Gasteiger partial charge in [0, 0.05) is 17.8 Å². The van der Waals surface area contributed by atoms with E-state index >= 15 is 0 Å². The minimum atomic E-state index is -0.295. The number of methoxy groups -OCH3 is 1. The molecule has 2 rings (SSSR count). The molecule has 0 aliphatic carbocycles. The topological polar surface area (TPSA) is 31.2 Å². The second-order valence-electron chi connectivity index (χ2n) is 4.15. The first-order valence-corrected chi connectivity index (χ1v) is 6.03. The van der Waals surface area contributed by atoms with Crippen LogP contribution >= 0.6 is 0 Å². The number of aryl methyl sites for hydroxylation is 1. The van der Waals surface area contributed by atoms with Crippen LogP contribution < -0.4 is 0 Å². The molecule has 0 bridgehead atoms. The Balaban J connectivity index is 2.56. The number of ether oxygens (including phenoxy) is 1. The van der Waals surface area contributed by atoms with Gasteiger partial charge in [0.2, 0.25) is 0 Å². The zero-order chi connectivity index (χ0) is 13.1. The Morgan fingerprint density at radius 1 is 1.22 bits per heavy atom. The van der Waals surface area contributed by atoms with E-state index in [4.69, 9.17) is 4.74 Å². The number of benzene rings is 1. The van der Waals surface area contributed by atoms with Crippen LogP contribution in [-0.4, -0.2) is 17.6 Å². The summed E-state index contributed by atoms with van der Waals surface area (Å²) >= 11 is 0. The summed E-state index contributed by atoms with van der Waals surface area (Å²) in [6.07, 6.45) is 0. The number of esters is 1. The Kier molecular flexibility index (Phi) is 3.51. The lowest BCUT2D eigenvalue weighted by Gasteiger charge is -2.11. The van der Waals surface area contributed by atoms with Crippen molar-refractivity contribution in [1.82, 2.24) is 4.57 Å². The summed E-state index contributed by atoms with van der Waals surface area (Å²) in [5, 5.41) is 0. The second kappa shape index (κ2) is 5.08. The number of hydrogen-bond donors (Lipinski definition) is 0. The lowest BCUT2D eigenvalue weighted by atomic mass is 10.1. The summed E-state index contributed by atoms with van der Waals surface area (Å²) < 4.78 is 6.78. The molecule has 0 atom stereocenters. The molecule has 0 spiro atoms. The minimum Gasteiger partial charge on any atom is -0.464 e. The molecule has 3 heteroatoms. The van der Waals surface area contributed by atoms with Crippen LogP contribution in [0.15, 0.2) is 36.4 Å². The first-order chi connectivity index (χ1) is 8.69. The molecule has 18 heavy (non-hydrogen) atoms. The highest BCUT2D eigenvalue weighted by molar-refractivity contribution is 5.89. The fourth-order valence-corrected chi connectivity index (χ4v) is 2.19. The summed E-state index contributed by atoms with van der Waals surface area (Å²) in [6, 6.07) is 11.9.